The van der Waals surface area contributed by atoms with Crippen LogP contribution < -0.4 is 4.90 Å². The fourth-order valence-corrected chi connectivity index (χ4v) is 5.00. The van der Waals surface area contributed by atoms with Gasteiger partial charge in [-0.25, -0.2) is 4.98 Å². The number of pyridine rings is 1. The predicted octanol–water partition coefficient (Wildman–Crippen LogP) is 5.81. The van der Waals surface area contributed by atoms with E-state index in [-0.39, 0.29) is 32.2 Å². The van der Waals surface area contributed by atoms with Crippen LogP contribution in [0.4, 0.5) is 37.8 Å². The van der Waals surface area contributed by atoms with Crippen LogP contribution in [-0.2, 0) is 27.9 Å². The van der Waals surface area contributed by atoms with Gasteiger partial charge in [0.05, 0.1) is 24.2 Å². The lowest BCUT2D eigenvalue weighted by molar-refractivity contribution is -0.384. The Labute approximate surface area is 228 Å². The Hall–Kier alpha value is -3.79. The van der Waals surface area contributed by atoms with Crippen LogP contribution in [0.15, 0.2) is 40.8 Å². The van der Waals surface area contributed by atoms with E-state index in [2.05, 4.69) is 15.2 Å². The highest BCUT2D eigenvalue weighted by Gasteiger charge is 2.61. The molecule has 2 aliphatic rings. The molecule has 1 saturated heterocycles. The molecule has 2 unspecified atom stereocenters. The van der Waals surface area contributed by atoms with Crippen LogP contribution >= 0.6 is 0 Å². The van der Waals surface area contributed by atoms with Gasteiger partial charge < -0.3 is 18.8 Å². The summed E-state index contributed by atoms with van der Waals surface area (Å²) in [7, 11) is 0. The molecule has 0 saturated carbocycles. The molecule has 0 radical (unpaired) electrons. The Kier molecular flexibility index (Phi) is 7.63. The van der Waals surface area contributed by atoms with Gasteiger partial charge in [0.2, 0.25) is 11.3 Å². The molecule has 0 spiro atoms. The molecule has 16 heteroatoms. The average Bonchev–Trinajstić information content (AvgIpc) is 3.59. The van der Waals surface area contributed by atoms with Crippen molar-refractivity contribution in [2.24, 2.45) is 0 Å². The summed E-state index contributed by atoms with van der Waals surface area (Å²) >= 11 is 0. The fourth-order valence-electron chi connectivity index (χ4n) is 5.00. The van der Waals surface area contributed by atoms with E-state index in [1.807, 2.05) is 0 Å². The summed E-state index contributed by atoms with van der Waals surface area (Å²) in [6, 6.07) is 7.71. The lowest BCUT2D eigenvalue weighted by atomic mass is 9.96. The molecule has 1 aromatic carbocycles. The molecule has 2 atom stereocenters. The average molecular weight is 587 g/mol. The monoisotopic (exact) mass is 587 g/mol. The third-order valence-corrected chi connectivity index (χ3v) is 7.02. The molecular weight excluding hydrogens is 564 g/mol. The van der Waals surface area contributed by atoms with E-state index in [0.29, 0.717) is 18.4 Å². The summed E-state index contributed by atoms with van der Waals surface area (Å²) in [6.07, 6.45) is -10.1. The van der Waals surface area contributed by atoms with Gasteiger partial charge in [0.25, 0.3) is 11.8 Å². The second-order valence-electron chi connectivity index (χ2n) is 9.66. The van der Waals surface area contributed by atoms with Crippen molar-refractivity contribution in [3.05, 3.63) is 63.5 Å². The Bertz CT molecular complexity index is 1400. The van der Waals surface area contributed by atoms with Gasteiger partial charge in [-0.15, -0.1) is 10.2 Å². The molecule has 1 fully saturated rings. The number of rotatable bonds is 4. The number of alkyl halides is 6. The summed E-state index contributed by atoms with van der Waals surface area (Å²) in [6.45, 7) is -0.601. The molecule has 41 heavy (non-hydrogen) atoms. The number of anilines is 1. The van der Waals surface area contributed by atoms with E-state index in [1.165, 1.54) is 4.90 Å². The zero-order valence-corrected chi connectivity index (χ0v) is 21.2. The normalized spacial score (nSPS) is 21.8. The maximum Gasteiger partial charge on any atom is 0.426 e. The Morgan fingerprint density at radius 2 is 1.88 bits per heavy atom. The Morgan fingerprint density at radius 3 is 2.56 bits per heavy atom. The largest absolute Gasteiger partial charge is 0.426 e. The standard InChI is InChI=1S/C25H23F6N5O5/c26-24(27,28)17-12-18(36(37)38)19-21-33-34-22(41-21)23(25(29,30)31,40-13-15-6-2-1-3-7-15)9-5-11-39-14-16-8-4-10-35(16)20(17)32-19/h1-3,6-7,12,16H,4-5,8-11,13-14H2. The van der Waals surface area contributed by atoms with Crippen molar-refractivity contribution in [2.45, 2.75) is 56.3 Å². The van der Waals surface area contributed by atoms with E-state index < -0.39 is 76.5 Å². The van der Waals surface area contributed by atoms with Crippen LogP contribution in [0, 0.1) is 10.1 Å². The van der Waals surface area contributed by atoms with Crippen molar-refractivity contribution >= 4 is 11.5 Å². The third-order valence-electron chi connectivity index (χ3n) is 7.02. The molecule has 0 aliphatic carbocycles. The van der Waals surface area contributed by atoms with Gasteiger partial charge in [0.15, 0.2) is 0 Å². The van der Waals surface area contributed by atoms with Crippen molar-refractivity contribution in [3.63, 3.8) is 0 Å². The van der Waals surface area contributed by atoms with Gasteiger partial charge in [-0.1, -0.05) is 30.3 Å². The van der Waals surface area contributed by atoms with Gasteiger partial charge in [-0.3, -0.25) is 10.1 Å². The number of hydrogen-bond donors (Lipinski definition) is 0. The first-order chi connectivity index (χ1) is 19.4. The maximum absolute atomic E-state index is 14.8. The molecule has 4 bridgehead atoms. The third kappa shape index (κ3) is 5.57. The molecular formula is C25H23F6N5O5. The summed E-state index contributed by atoms with van der Waals surface area (Å²) in [5.41, 5.74) is -6.05. The minimum atomic E-state index is -5.10. The summed E-state index contributed by atoms with van der Waals surface area (Å²) < 4.78 is 103. The summed E-state index contributed by atoms with van der Waals surface area (Å²) in [4.78, 5) is 16.0. The van der Waals surface area contributed by atoms with E-state index in [0.717, 1.165) is 0 Å². The maximum atomic E-state index is 14.8. The van der Waals surface area contributed by atoms with Crippen molar-refractivity contribution in [1.29, 1.82) is 0 Å². The SMILES string of the molecule is O=[N+]([O-])c1cc(C(F)(F)F)c2nc1-c1nnc(o1)C(OCc1ccccc1)(C(F)(F)F)CCCOCC1CCCN21. The molecule has 0 amide bonds. The number of aromatic nitrogens is 3. The number of hydrogen-bond acceptors (Lipinski definition) is 9. The highest BCUT2D eigenvalue weighted by Crippen LogP contribution is 2.48. The van der Waals surface area contributed by atoms with Crippen molar-refractivity contribution < 1.29 is 45.2 Å². The number of nitrogens with zero attached hydrogens (tertiary/aromatic N) is 5. The van der Waals surface area contributed by atoms with Gasteiger partial charge in [-0.05, 0) is 31.2 Å². The number of nitro groups is 1. The van der Waals surface area contributed by atoms with Crippen LogP contribution in [0.5, 0.6) is 0 Å². The van der Waals surface area contributed by atoms with Gasteiger partial charge >= 0.3 is 18.0 Å². The lowest BCUT2D eigenvalue weighted by Gasteiger charge is -2.33. The van der Waals surface area contributed by atoms with E-state index >= 15 is 0 Å². The first-order valence-electron chi connectivity index (χ1n) is 12.6. The van der Waals surface area contributed by atoms with Gasteiger partial charge in [0, 0.05) is 19.2 Å². The van der Waals surface area contributed by atoms with E-state index in [9.17, 15) is 36.5 Å². The fraction of sp³-hybridized carbons (Fsp3) is 0.480. The van der Waals surface area contributed by atoms with E-state index in [4.69, 9.17) is 13.9 Å². The van der Waals surface area contributed by atoms with Crippen LogP contribution in [0.25, 0.3) is 11.6 Å². The lowest BCUT2D eigenvalue weighted by Crippen LogP contribution is -2.45. The zero-order valence-electron chi connectivity index (χ0n) is 21.2. The molecule has 2 aliphatic heterocycles. The highest BCUT2D eigenvalue weighted by molar-refractivity contribution is 5.68. The summed E-state index contributed by atoms with van der Waals surface area (Å²) in [5.74, 6) is -2.55. The Morgan fingerprint density at radius 1 is 1.12 bits per heavy atom. The quantitative estimate of drug-likeness (QED) is 0.212. The number of ether oxygens (including phenoxy) is 2. The van der Waals surface area contributed by atoms with Gasteiger partial charge in [0.1, 0.15) is 11.4 Å². The zero-order chi connectivity index (χ0) is 29.4. The highest BCUT2D eigenvalue weighted by atomic mass is 19.4. The van der Waals surface area contributed by atoms with Crippen molar-refractivity contribution in [3.8, 4) is 11.6 Å². The van der Waals surface area contributed by atoms with Crippen LogP contribution in [-0.4, -0.2) is 52.1 Å². The van der Waals surface area contributed by atoms with Crippen molar-refractivity contribution in [2.75, 3.05) is 24.7 Å². The molecule has 4 heterocycles. The predicted molar refractivity (Wildman–Crippen MR) is 129 cm³/mol. The number of fused-ring (bicyclic) bond motifs is 7. The molecule has 10 nitrogen and oxygen atoms in total. The smallest absolute Gasteiger partial charge is 0.415 e. The summed E-state index contributed by atoms with van der Waals surface area (Å²) in [5, 5.41) is 18.9. The van der Waals surface area contributed by atoms with Crippen LogP contribution in [0.2, 0.25) is 0 Å². The molecule has 220 valence electrons. The minimum Gasteiger partial charge on any atom is -0.415 e. The van der Waals surface area contributed by atoms with Crippen LogP contribution in [0.3, 0.4) is 0 Å². The minimum absolute atomic E-state index is 0.0897. The van der Waals surface area contributed by atoms with E-state index in [1.54, 1.807) is 30.3 Å². The first kappa shape index (κ1) is 28.7. The van der Waals surface area contributed by atoms with Gasteiger partial charge in [-0.2, -0.15) is 26.3 Å². The Balaban J connectivity index is 1.68. The number of halogens is 6. The second-order valence-corrected chi connectivity index (χ2v) is 9.66. The molecule has 5 rings (SSSR count). The molecule has 0 N–H and O–H groups in total. The van der Waals surface area contributed by atoms with Crippen molar-refractivity contribution in [1.82, 2.24) is 15.2 Å². The molecule has 2 aromatic heterocycles. The number of benzene rings is 1. The molecule has 3 aromatic rings. The second kappa shape index (κ2) is 10.9. The first-order valence-corrected chi connectivity index (χ1v) is 12.6. The van der Waals surface area contributed by atoms with Crippen LogP contribution in [0.1, 0.15) is 42.7 Å². The topological polar surface area (TPSA) is 117 Å².